The van der Waals surface area contributed by atoms with E-state index in [-0.39, 0.29) is 6.61 Å². The number of rotatable bonds is 6. The van der Waals surface area contributed by atoms with E-state index >= 15 is 0 Å². The summed E-state index contributed by atoms with van der Waals surface area (Å²) in [4.78, 5) is 9.32. The van der Waals surface area contributed by atoms with Gasteiger partial charge >= 0.3 is 0 Å². The van der Waals surface area contributed by atoms with Crippen molar-refractivity contribution in [1.82, 2.24) is 14.8 Å². The summed E-state index contributed by atoms with van der Waals surface area (Å²) in [7, 11) is 0. The first-order valence-corrected chi connectivity index (χ1v) is 9.06. The Bertz CT molecular complexity index is 653. The molecule has 1 aromatic carbocycles. The molecule has 3 rings (SSSR count). The van der Waals surface area contributed by atoms with Crippen LogP contribution in [0.25, 0.3) is 10.8 Å². The number of nitrogens with zero attached hydrogens (tertiary/aromatic N) is 3. The molecule has 1 fully saturated rings. The van der Waals surface area contributed by atoms with Crippen LogP contribution in [0.2, 0.25) is 0 Å². The highest BCUT2D eigenvalue weighted by atomic mass is 16.3. The minimum absolute atomic E-state index is 0.271. The second-order valence-electron chi connectivity index (χ2n) is 7.30. The zero-order valence-corrected chi connectivity index (χ0v) is 14.9. The van der Waals surface area contributed by atoms with E-state index in [0.717, 1.165) is 39.1 Å². The monoisotopic (exact) mass is 327 g/mol. The molecule has 4 heteroatoms. The number of aromatic nitrogens is 1. The van der Waals surface area contributed by atoms with E-state index in [0.29, 0.717) is 12.0 Å². The molecule has 2 aromatic rings. The molecule has 0 unspecified atom stereocenters. The Hall–Kier alpha value is -1.49. The normalized spacial score (nSPS) is 20.1. The molecule has 1 saturated heterocycles. The molecule has 24 heavy (non-hydrogen) atoms. The predicted octanol–water partition coefficient (Wildman–Crippen LogP) is 2.76. The van der Waals surface area contributed by atoms with Gasteiger partial charge in [0.2, 0.25) is 0 Å². The fraction of sp³-hybridized carbons (Fsp3) is 0.550. The van der Waals surface area contributed by atoms with Gasteiger partial charge in [0.05, 0.1) is 0 Å². The number of pyridine rings is 1. The van der Waals surface area contributed by atoms with Crippen LogP contribution in [0.3, 0.4) is 0 Å². The summed E-state index contributed by atoms with van der Waals surface area (Å²) < 4.78 is 0. The van der Waals surface area contributed by atoms with Crippen molar-refractivity contribution in [3.05, 3.63) is 42.2 Å². The smallest absolute Gasteiger partial charge is 0.0446 e. The van der Waals surface area contributed by atoms with Crippen molar-refractivity contribution in [2.45, 2.75) is 32.9 Å². The number of piperazine rings is 1. The van der Waals surface area contributed by atoms with Gasteiger partial charge in [0.1, 0.15) is 0 Å². The Morgan fingerprint density at radius 3 is 2.92 bits per heavy atom. The first-order chi connectivity index (χ1) is 11.7. The lowest BCUT2D eigenvalue weighted by atomic mass is 10.0. The summed E-state index contributed by atoms with van der Waals surface area (Å²) in [5.41, 5.74) is 1.37. The molecule has 1 atom stereocenters. The molecule has 0 bridgehead atoms. The van der Waals surface area contributed by atoms with Gasteiger partial charge in [0, 0.05) is 63.2 Å². The molecule has 2 heterocycles. The second kappa shape index (κ2) is 8.06. The SMILES string of the molecule is CC(C)CN1CCN(Cc2cccc3cnccc23)C[C@@H]1CCO. The largest absolute Gasteiger partial charge is 0.396 e. The Morgan fingerprint density at radius 2 is 2.12 bits per heavy atom. The number of hydrogen-bond acceptors (Lipinski definition) is 4. The maximum Gasteiger partial charge on any atom is 0.0446 e. The van der Waals surface area contributed by atoms with E-state index in [2.05, 4.69) is 52.9 Å². The predicted molar refractivity (Wildman–Crippen MR) is 98.9 cm³/mol. The molecule has 0 radical (unpaired) electrons. The molecule has 0 amide bonds. The molecule has 4 nitrogen and oxygen atoms in total. The van der Waals surface area contributed by atoms with Crippen molar-refractivity contribution < 1.29 is 5.11 Å². The Balaban J connectivity index is 1.71. The minimum atomic E-state index is 0.271. The van der Waals surface area contributed by atoms with Crippen LogP contribution in [-0.2, 0) is 6.54 Å². The summed E-state index contributed by atoms with van der Waals surface area (Å²) in [5, 5.41) is 11.9. The van der Waals surface area contributed by atoms with E-state index in [4.69, 9.17) is 0 Å². The molecule has 130 valence electrons. The van der Waals surface area contributed by atoms with Crippen LogP contribution in [0.1, 0.15) is 25.8 Å². The van der Waals surface area contributed by atoms with Crippen molar-refractivity contribution in [3.8, 4) is 0 Å². The molecule has 1 aromatic heterocycles. The van der Waals surface area contributed by atoms with Crippen LogP contribution in [0, 0.1) is 5.92 Å². The quantitative estimate of drug-likeness (QED) is 0.885. The highest BCUT2D eigenvalue weighted by Crippen LogP contribution is 2.22. The van der Waals surface area contributed by atoms with E-state index in [1.54, 1.807) is 0 Å². The van der Waals surface area contributed by atoms with Crippen molar-refractivity contribution in [2.75, 3.05) is 32.8 Å². The van der Waals surface area contributed by atoms with Gasteiger partial charge in [0.25, 0.3) is 0 Å². The topological polar surface area (TPSA) is 39.6 Å². The molecule has 0 spiro atoms. The molecular weight excluding hydrogens is 298 g/mol. The molecule has 1 N–H and O–H groups in total. The second-order valence-corrected chi connectivity index (χ2v) is 7.30. The average molecular weight is 327 g/mol. The van der Waals surface area contributed by atoms with Gasteiger partial charge in [-0.3, -0.25) is 14.8 Å². The van der Waals surface area contributed by atoms with Crippen LogP contribution in [-0.4, -0.2) is 58.7 Å². The zero-order valence-electron chi connectivity index (χ0n) is 14.9. The first kappa shape index (κ1) is 17.3. The highest BCUT2D eigenvalue weighted by molar-refractivity contribution is 5.84. The lowest BCUT2D eigenvalue weighted by Crippen LogP contribution is -2.53. The van der Waals surface area contributed by atoms with Crippen LogP contribution in [0.15, 0.2) is 36.7 Å². The summed E-state index contributed by atoms with van der Waals surface area (Å²) in [5.74, 6) is 0.670. The summed E-state index contributed by atoms with van der Waals surface area (Å²) in [6.07, 6.45) is 4.68. The fourth-order valence-electron chi connectivity index (χ4n) is 3.80. The van der Waals surface area contributed by atoms with Crippen LogP contribution < -0.4 is 0 Å². The van der Waals surface area contributed by atoms with E-state index in [1.165, 1.54) is 16.3 Å². The molecule has 1 aliphatic rings. The molecule has 1 aliphatic heterocycles. The highest BCUT2D eigenvalue weighted by Gasteiger charge is 2.27. The van der Waals surface area contributed by atoms with Gasteiger partial charge in [-0.15, -0.1) is 0 Å². The minimum Gasteiger partial charge on any atom is -0.396 e. The number of aliphatic hydroxyl groups excluding tert-OH is 1. The van der Waals surface area contributed by atoms with Crippen molar-refractivity contribution in [1.29, 1.82) is 0 Å². The lowest BCUT2D eigenvalue weighted by molar-refractivity contribution is 0.0479. The standard InChI is InChI=1S/C20H29N3O/c1-16(2)13-23-10-9-22(15-19(23)7-11-24)14-18-5-3-4-17-12-21-8-6-20(17)18/h3-6,8,12,16,19,24H,7,9-11,13-15H2,1-2H3/t19-/m0/s1. The summed E-state index contributed by atoms with van der Waals surface area (Å²) in [6.45, 7) is 10.1. The number of aliphatic hydroxyl groups is 1. The third kappa shape index (κ3) is 4.12. The van der Waals surface area contributed by atoms with E-state index in [9.17, 15) is 5.11 Å². The Kier molecular flexibility index (Phi) is 5.82. The third-order valence-corrected chi connectivity index (χ3v) is 4.92. The molecule has 0 saturated carbocycles. The summed E-state index contributed by atoms with van der Waals surface area (Å²) >= 11 is 0. The van der Waals surface area contributed by atoms with E-state index < -0.39 is 0 Å². The zero-order chi connectivity index (χ0) is 16.9. The van der Waals surface area contributed by atoms with Crippen LogP contribution >= 0.6 is 0 Å². The van der Waals surface area contributed by atoms with Crippen LogP contribution in [0.5, 0.6) is 0 Å². The maximum atomic E-state index is 9.44. The molecular formula is C20H29N3O. The summed E-state index contributed by atoms with van der Waals surface area (Å²) in [6, 6.07) is 9.05. The lowest BCUT2D eigenvalue weighted by Gasteiger charge is -2.42. The van der Waals surface area contributed by atoms with Gasteiger partial charge in [-0.1, -0.05) is 32.0 Å². The fourth-order valence-corrected chi connectivity index (χ4v) is 3.80. The van der Waals surface area contributed by atoms with Crippen molar-refractivity contribution in [3.63, 3.8) is 0 Å². The van der Waals surface area contributed by atoms with Gasteiger partial charge in [0.15, 0.2) is 0 Å². The Morgan fingerprint density at radius 1 is 1.25 bits per heavy atom. The van der Waals surface area contributed by atoms with E-state index in [1.807, 2.05) is 12.4 Å². The van der Waals surface area contributed by atoms with Gasteiger partial charge in [-0.2, -0.15) is 0 Å². The van der Waals surface area contributed by atoms with Gasteiger partial charge < -0.3 is 5.11 Å². The van der Waals surface area contributed by atoms with Gasteiger partial charge in [-0.25, -0.2) is 0 Å². The number of benzene rings is 1. The van der Waals surface area contributed by atoms with Crippen molar-refractivity contribution in [2.24, 2.45) is 5.92 Å². The van der Waals surface area contributed by atoms with Crippen LogP contribution in [0.4, 0.5) is 0 Å². The first-order valence-electron chi connectivity index (χ1n) is 9.06. The number of fused-ring (bicyclic) bond motifs is 1. The average Bonchev–Trinajstić information content (AvgIpc) is 2.57. The molecule has 0 aliphatic carbocycles. The third-order valence-electron chi connectivity index (χ3n) is 4.92. The maximum absolute atomic E-state index is 9.44. The van der Waals surface area contributed by atoms with Crippen molar-refractivity contribution >= 4 is 10.8 Å². The Labute approximate surface area is 145 Å². The number of hydrogen-bond donors (Lipinski definition) is 1. The van der Waals surface area contributed by atoms with Gasteiger partial charge in [-0.05, 0) is 29.4 Å².